The topological polar surface area (TPSA) is 168 Å². The van der Waals surface area contributed by atoms with Crippen LogP contribution in [0.25, 0.3) is 0 Å². The molecule has 4 amide bonds. The number of esters is 1. The first kappa shape index (κ1) is 39.2. The predicted octanol–water partition coefficient (Wildman–Crippen LogP) is 3.95. The highest BCUT2D eigenvalue weighted by Gasteiger charge is 2.64. The second-order valence-corrected chi connectivity index (χ2v) is 19.2. The molecule has 13 nitrogen and oxygen atoms in total. The molecule has 5 rings (SSSR count). The summed E-state index contributed by atoms with van der Waals surface area (Å²) in [7, 11) is -3.95. The van der Waals surface area contributed by atoms with Gasteiger partial charge in [-0.05, 0) is 57.1 Å². The Kier molecular flexibility index (Phi) is 10.1. The number of ether oxygens (including phenoxy) is 2. The van der Waals surface area contributed by atoms with Crippen LogP contribution in [0.15, 0.2) is 30.9 Å². The SMILES string of the molecule is C=C[C@@H]1C[C@]1(NC(=O)[C@H]1N(C(=O)[C@@H](CC(=O)OC(C)(C)C)C(C)(C)C)C[C@H](OC(=O)N2Cc3cccc(F)c3C2)C1(C)C)C(=O)NS(=O)(=O)C1CC1. The number of sulfonamides is 1. The van der Waals surface area contributed by atoms with E-state index in [4.69, 9.17) is 9.47 Å². The largest absolute Gasteiger partial charge is 0.460 e. The Labute approximate surface area is 305 Å². The number of benzene rings is 1. The minimum absolute atomic E-state index is 0.0210. The number of nitrogens with one attached hydrogen (secondary N) is 2. The maximum atomic E-state index is 14.6. The number of halogens is 1. The zero-order chi connectivity index (χ0) is 38.8. The Morgan fingerprint density at radius 3 is 2.27 bits per heavy atom. The monoisotopic (exact) mass is 746 g/mol. The summed E-state index contributed by atoms with van der Waals surface area (Å²) in [4.78, 5) is 72.0. The van der Waals surface area contributed by atoms with Gasteiger partial charge in [-0.2, -0.15) is 0 Å². The minimum atomic E-state index is -3.95. The second kappa shape index (κ2) is 13.4. The third-order valence-electron chi connectivity index (χ3n) is 10.6. The van der Waals surface area contributed by atoms with Gasteiger partial charge in [-0.15, -0.1) is 6.58 Å². The summed E-state index contributed by atoms with van der Waals surface area (Å²) in [5, 5.41) is 2.09. The number of hydrogen-bond donors (Lipinski definition) is 2. The summed E-state index contributed by atoms with van der Waals surface area (Å²) in [5.74, 6) is -4.83. The van der Waals surface area contributed by atoms with Crippen molar-refractivity contribution in [3.05, 3.63) is 47.8 Å². The highest BCUT2D eigenvalue weighted by Crippen LogP contribution is 2.47. The molecule has 0 unspecified atom stereocenters. The molecule has 1 aromatic rings. The first-order valence-corrected chi connectivity index (χ1v) is 19.2. The number of amides is 4. The van der Waals surface area contributed by atoms with E-state index in [1.807, 2.05) is 0 Å². The van der Waals surface area contributed by atoms with Crippen molar-refractivity contribution in [2.45, 2.75) is 123 Å². The van der Waals surface area contributed by atoms with Gasteiger partial charge in [0.2, 0.25) is 21.8 Å². The maximum Gasteiger partial charge on any atom is 0.410 e. The van der Waals surface area contributed by atoms with Crippen LogP contribution in [-0.4, -0.2) is 83.1 Å². The van der Waals surface area contributed by atoms with Crippen molar-refractivity contribution >= 4 is 39.8 Å². The summed E-state index contributed by atoms with van der Waals surface area (Å²) in [6.45, 7) is 17.4. The quantitative estimate of drug-likeness (QED) is 0.266. The Morgan fingerprint density at radius 2 is 1.73 bits per heavy atom. The number of carbonyl (C=O) groups excluding carboxylic acids is 5. The summed E-state index contributed by atoms with van der Waals surface area (Å²) >= 11 is 0. The summed E-state index contributed by atoms with van der Waals surface area (Å²) < 4.78 is 53.6. The number of rotatable bonds is 10. The standard InChI is InChI=1S/C37H51FN4O9S/c1-10-22-17-37(22,32(46)40-52(48,49)23-14-15-23)39-30(44)29-36(8,9)27(50-33(47)41-18-21-12-11-13-26(38)24(21)19-41)20-42(29)31(45)25(34(2,3)4)16-28(43)51-35(5,6)7/h10-13,22-23,25,27,29H,1,14-20H2,2-9H3,(H,39,44)(H,40,46)/t22-,25-,27+,29-,37-/m1/s1. The Morgan fingerprint density at radius 1 is 1.08 bits per heavy atom. The van der Waals surface area contributed by atoms with Crippen molar-refractivity contribution in [2.75, 3.05) is 6.54 Å². The molecule has 2 heterocycles. The highest BCUT2D eigenvalue weighted by atomic mass is 32.2. The highest BCUT2D eigenvalue weighted by molar-refractivity contribution is 7.91. The third kappa shape index (κ3) is 7.84. The van der Waals surface area contributed by atoms with E-state index < -0.39 is 96.8 Å². The van der Waals surface area contributed by atoms with Crippen molar-refractivity contribution in [1.82, 2.24) is 19.8 Å². The van der Waals surface area contributed by atoms with E-state index in [0.717, 1.165) is 0 Å². The molecular formula is C37H51FN4O9S. The Bertz CT molecular complexity index is 1780. The van der Waals surface area contributed by atoms with Crippen molar-refractivity contribution in [3.8, 4) is 0 Å². The van der Waals surface area contributed by atoms with E-state index in [1.54, 1.807) is 67.5 Å². The molecule has 0 spiro atoms. The lowest BCUT2D eigenvalue weighted by Crippen LogP contribution is -2.60. The van der Waals surface area contributed by atoms with E-state index in [1.165, 1.54) is 21.9 Å². The maximum absolute atomic E-state index is 14.6. The average molecular weight is 747 g/mol. The predicted molar refractivity (Wildman–Crippen MR) is 188 cm³/mol. The number of fused-ring (bicyclic) bond motifs is 1. The average Bonchev–Trinajstić information content (AvgIpc) is 3.92. The van der Waals surface area contributed by atoms with Crippen LogP contribution < -0.4 is 10.0 Å². The number of likely N-dealkylation sites (tertiary alicyclic amines) is 1. The van der Waals surface area contributed by atoms with Gasteiger partial charge in [-0.25, -0.2) is 17.6 Å². The van der Waals surface area contributed by atoms with Crippen LogP contribution in [-0.2, 0) is 51.8 Å². The van der Waals surface area contributed by atoms with Gasteiger partial charge in [-0.1, -0.05) is 52.8 Å². The minimum Gasteiger partial charge on any atom is -0.460 e. The van der Waals surface area contributed by atoms with Crippen molar-refractivity contribution in [3.63, 3.8) is 0 Å². The van der Waals surface area contributed by atoms with Crippen molar-refractivity contribution in [2.24, 2.45) is 22.7 Å². The van der Waals surface area contributed by atoms with Crippen LogP contribution in [0.4, 0.5) is 9.18 Å². The van der Waals surface area contributed by atoms with Gasteiger partial charge < -0.3 is 19.7 Å². The number of nitrogens with zero attached hydrogens (tertiary/aromatic N) is 2. The van der Waals surface area contributed by atoms with Crippen LogP contribution in [0.5, 0.6) is 0 Å². The molecule has 3 fully saturated rings. The Balaban J connectivity index is 1.45. The molecule has 52 heavy (non-hydrogen) atoms. The smallest absolute Gasteiger partial charge is 0.410 e. The third-order valence-corrected chi connectivity index (χ3v) is 12.4. The first-order valence-electron chi connectivity index (χ1n) is 17.7. The lowest BCUT2D eigenvalue weighted by Gasteiger charge is -2.38. The molecule has 1 aromatic carbocycles. The second-order valence-electron chi connectivity index (χ2n) is 17.2. The molecule has 286 valence electrons. The molecule has 0 radical (unpaired) electrons. The molecule has 1 saturated heterocycles. The molecular weight excluding hydrogens is 695 g/mol. The van der Waals surface area contributed by atoms with Crippen molar-refractivity contribution < 1.29 is 46.3 Å². The van der Waals surface area contributed by atoms with Gasteiger partial charge in [0.1, 0.15) is 29.1 Å². The fraction of sp³-hybridized carbons (Fsp3) is 0.649. The molecule has 4 aliphatic rings. The zero-order valence-electron chi connectivity index (χ0n) is 31.2. The fourth-order valence-corrected chi connectivity index (χ4v) is 8.57. The van der Waals surface area contributed by atoms with E-state index in [9.17, 15) is 36.8 Å². The molecule has 5 atom stereocenters. The molecule has 2 N–H and O–H groups in total. The van der Waals surface area contributed by atoms with Crippen LogP contribution >= 0.6 is 0 Å². The summed E-state index contributed by atoms with van der Waals surface area (Å²) in [6, 6.07) is 3.27. The van der Waals surface area contributed by atoms with E-state index in [2.05, 4.69) is 16.6 Å². The van der Waals surface area contributed by atoms with Crippen LogP contribution in [0.2, 0.25) is 0 Å². The fourth-order valence-electron chi connectivity index (χ4n) is 7.21. The van der Waals surface area contributed by atoms with E-state index in [0.29, 0.717) is 24.0 Å². The zero-order valence-corrected chi connectivity index (χ0v) is 32.0. The first-order chi connectivity index (χ1) is 23.9. The molecule has 2 aliphatic carbocycles. The molecule has 0 aromatic heterocycles. The summed E-state index contributed by atoms with van der Waals surface area (Å²) in [5.41, 5.74) is -3.49. The Hall–Kier alpha value is -4.01. The van der Waals surface area contributed by atoms with Gasteiger partial charge in [0.05, 0.1) is 30.7 Å². The van der Waals surface area contributed by atoms with E-state index >= 15 is 0 Å². The van der Waals surface area contributed by atoms with Crippen LogP contribution in [0.1, 0.15) is 92.2 Å². The van der Waals surface area contributed by atoms with Crippen LogP contribution in [0.3, 0.4) is 0 Å². The van der Waals surface area contributed by atoms with Gasteiger partial charge in [0.25, 0.3) is 5.91 Å². The molecule has 2 aliphatic heterocycles. The molecule has 2 saturated carbocycles. The number of carbonyl (C=O) groups is 5. The lowest BCUT2D eigenvalue weighted by atomic mass is 9.77. The van der Waals surface area contributed by atoms with Gasteiger partial charge in [-0.3, -0.25) is 28.8 Å². The van der Waals surface area contributed by atoms with Gasteiger partial charge >= 0.3 is 12.1 Å². The molecule has 15 heteroatoms. The van der Waals surface area contributed by atoms with E-state index in [-0.39, 0.29) is 32.5 Å². The van der Waals surface area contributed by atoms with Gasteiger partial charge in [0.15, 0.2) is 0 Å². The summed E-state index contributed by atoms with van der Waals surface area (Å²) in [6.07, 6.45) is 0.293. The number of hydrogen-bond acceptors (Lipinski definition) is 9. The molecule has 0 bridgehead atoms. The van der Waals surface area contributed by atoms with Gasteiger partial charge in [0, 0.05) is 23.4 Å². The lowest BCUT2D eigenvalue weighted by molar-refractivity contribution is -0.161. The normalized spacial score (nSPS) is 25.8. The van der Waals surface area contributed by atoms with Crippen LogP contribution in [0, 0.1) is 28.5 Å². The van der Waals surface area contributed by atoms with Crippen molar-refractivity contribution in [1.29, 1.82) is 0 Å².